The Bertz CT molecular complexity index is 1070. The number of nitrogens with zero attached hydrogens (tertiary/aromatic N) is 2. The molecule has 2 heterocycles. The summed E-state index contributed by atoms with van der Waals surface area (Å²) in [5.74, 6) is 1.96. The molecule has 0 atom stereocenters. The maximum atomic E-state index is 10.6. The van der Waals surface area contributed by atoms with Crippen LogP contribution in [0.25, 0.3) is 10.8 Å². The first-order chi connectivity index (χ1) is 17.9. The average Bonchev–Trinajstić information content (AvgIpc) is 3.46. The molecule has 0 unspecified atom stereocenters. The van der Waals surface area contributed by atoms with E-state index < -0.39 is 0 Å². The van der Waals surface area contributed by atoms with Gasteiger partial charge in [-0.05, 0) is 74.8 Å². The summed E-state index contributed by atoms with van der Waals surface area (Å²) in [6, 6.07) is 20.9. The maximum absolute atomic E-state index is 10.6. The van der Waals surface area contributed by atoms with E-state index in [1.54, 1.807) is 6.92 Å². The van der Waals surface area contributed by atoms with Crippen molar-refractivity contribution in [2.75, 3.05) is 45.9 Å². The molecule has 0 aromatic heterocycles. The number of benzene rings is 3. The molecule has 2 aliphatic heterocycles. The molecule has 3 aromatic carbocycles. The second kappa shape index (κ2) is 16.6. The van der Waals surface area contributed by atoms with E-state index in [-0.39, 0.29) is 5.91 Å². The Labute approximate surface area is 224 Å². The molecule has 1 amide bonds. The Morgan fingerprint density at radius 3 is 1.84 bits per heavy atom. The first-order valence-electron chi connectivity index (χ1n) is 13.7. The Balaban J connectivity index is 0.000000177. The Morgan fingerprint density at radius 1 is 0.757 bits per heavy atom. The van der Waals surface area contributed by atoms with Crippen molar-refractivity contribution in [3.05, 3.63) is 71.8 Å². The Morgan fingerprint density at radius 2 is 1.30 bits per heavy atom. The number of rotatable bonds is 3. The predicted octanol–water partition coefficient (Wildman–Crippen LogP) is 6.89. The molecule has 1 fully saturated rings. The minimum absolute atomic E-state index is 0.225. The van der Waals surface area contributed by atoms with Gasteiger partial charge in [0, 0.05) is 20.0 Å². The predicted molar refractivity (Wildman–Crippen MR) is 156 cm³/mol. The smallest absolute Gasteiger partial charge is 0.219 e. The van der Waals surface area contributed by atoms with Crippen LogP contribution in [0.1, 0.15) is 51.7 Å². The molecule has 0 aliphatic carbocycles. The molecule has 1 saturated heterocycles. The van der Waals surface area contributed by atoms with Gasteiger partial charge >= 0.3 is 0 Å². The number of hydrogen-bond donors (Lipinski definition) is 0. The van der Waals surface area contributed by atoms with Crippen molar-refractivity contribution < 1.29 is 14.3 Å². The topological polar surface area (TPSA) is 42.0 Å². The van der Waals surface area contributed by atoms with E-state index in [0.29, 0.717) is 13.2 Å². The summed E-state index contributed by atoms with van der Waals surface area (Å²) in [5, 5.41) is 2.64. The number of carbonyl (C=O) groups is 1. The van der Waals surface area contributed by atoms with Gasteiger partial charge in [-0.25, -0.2) is 0 Å². The van der Waals surface area contributed by atoms with E-state index in [1.165, 1.54) is 54.4 Å². The van der Waals surface area contributed by atoms with E-state index in [2.05, 4.69) is 75.1 Å². The second-order valence-electron chi connectivity index (χ2n) is 9.33. The Kier molecular flexibility index (Phi) is 13.6. The number of aryl methyl sites for hydroxylation is 2. The molecule has 0 N–H and O–H groups in total. The lowest BCUT2D eigenvalue weighted by Crippen LogP contribution is -2.24. The first kappa shape index (κ1) is 30.2. The standard InChI is InChI=1S/C11H10.C9H10O2.C6H11NO.C6H15N/c1-9-6-7-10-4-2-3-5-11(10)8-9;1-7-2-3-8-9(6-7)11-5-4-10-8;1-6(8)7-4-2-3-5-7;1-4-7(5-2)6-3/h2-8H,1H3;2-3,6H,4-5H2,1H3;2-5H2,1H3;4-6H2,1-3H3. The summed E-state index contributed by atoms with van der Waals surface area (Å²) in [6.07, 6.45) is 2.39. The van der Waals surface area contributed by atoms with Gasteiger partial charge in [-0.2, -0.15) is 0 Å². The molecule has 0 radical (unpaired) electrons. The van der Waals surface area contributed by atoms with Crippen LogP contribution < -0.4 is 9.47 Å². The van der Waals surface area contributed by atoms with Crippen molar-refractivity contribution >= 4 is 16.7 Å². The van der Waals surface area contributed by atoms with Gasteiger partial charge in [0.2, 0.25) is 5.91 Å². The summed E-state index contributed by atoms with van der Waals surface area (Å²) >= 11 is 0. The zero-order valence-corrected chi connectivity index (χ0v) is 23.8. The highest BCUT2D eigenvalue weighted by Gasteiger charge is 2.12. The summed E-state index contributed by atoms with van der Waals surface area (Å²) < 4.78 is 10.7. The van der Waals surface area contributed by atoms with Crippen LogP contribution >= 0.6 is 0 Å². The normalized spacial score (nSPS) is 13.5. The van der Waals surface area contributed by atoms with E-state index in [4.69, 9.17) is 9.47 Å². The first-order valence-corrected chi connectivity index (χ1v) is 13.7. The van der Waals surface area contributed by atoms with Crippen LogP contribution in [0.2, 0.25) is 0 Å². The Hall–Kier alpha value is -3.05. The van der Waals surface area contributed by atoms with Crippen molar-refractivity contribution in [2.45, 2.75) is 54.4 Å². The van der Waals surface area contributed by atoms with Gasteiger partial charge in [0.25, 0.3) is 0 Å². The van der Waals surface area contributed by atoms with Crippen LogP contribution in [0.3, 0.4) is 0 Å². The van der Waals surface area contributed by atoms with E-state index >= 15 is 0 Å². The molecule has 5 nitrogen and oxygen atoms in total. The monoisotopic (exact) mass is 506 g/mol. The van der Waals surface area contributed by atoms with Gasteiger partial charge in [-0.1, -0.05) is 74.9 Å². The SMILES string of the molecule is CC(=O)N1CCCC1.CCN(CC)CC.Cc1ccc2c(c1)OCCO2.Cc1ccc2ccccc2c1. The summed E-state index contributed by atoms with van der Waals surface area (Å²) in [7, 11) is 0. The fraction of sp³-hybridized carbons (Fsp3) is 0.469. The summed E-state index contributed by atoms with van der Waals surface area (Å²) in [4.78, 5) is 14.8. The molecular weight excluding hydrogens is 460 g/mol. The van der Waals surface area contributed by atoms with Crippen molar-refractivity contribution in [3.63, 3.8) is 0 Å². The van der Waals surface area contributed by atoms with Gasteiger partial charge < -0.3 is 19.3 Å². The third-order valence-corrected chi connectivity index (χ3v) is 6.50. The number of likely N-dealkylation sites (tertiary alicyclic amines) is 1. The summed E-state index contributed by atoms with van der Waals surface area (Å²) in [5.41, 5.74) is 2.53. The zero-order chi connectivity index (χ0) is 27.0. The highest BCUT2D eigenvalue weighted by molar-refractivity contribution is 5.82. The molecule has 0 bridgehead atoms. The van der Waals surface area contributed by atoms with E-state index in [9.17, 15) is 4.79 Å². The number of carbonyl (C=O) groups excluding carboxylic acids is 1. The van der Waals surface area contributed by atoms with Gasteiger partial charge in [0.1, 0.15) is 13.2 Å². The third-order valence-electron chi connectivity index (χ3n) is 6.50. The lowest BCUT2D eigenvalue weighted by Gasteiger charge is -2.18. The van der Waals surface area contributed by atoms with Crippen LogP contribution in [0.5, 0.6) is 11.5 Å². The van der Waals surface area contributed by atoms with Crippen molar-refractivity contribution in [1.82, 2.24) is 9.80 Å². The highest BCUT2D eigenvalue weighted by atomic mass is 16.6. The largest absolute Gasteiger partial charge is 0.486 e. The van der Waals surface area contributed by atoms with Crippen LogP contribution in [-0.4, -0.2) is 61.6 Å². The fourth-order valence-corrected chi connectivity index (χ4v) is 4.16. The van der Waals surface area contributed by atoms with Gasteiger partial charge in [-0.3, -0.25) is 4.79 Å². The maximum Gasteiger partial charge on any atom is 0.219 e. The molecule has 0 spiro atoms. The van der Waals surface area contributed by atoms with Crippen LogP contribution in [-0.2, 0) is 4.79 Å². The second-order valence-corrected chi connectivity index (χ2v) is 9.33. The third kappa shape index (κ3) is 10.8. The van der Waals surface area contributed by atoms with Crippen LogP contribution in [0.15, 0.2) is 60.7 Å². The molecular formula is C32H46N2O3. The van der Waals surface area contributed by atoms with E-state index in [1.807, 2.05) is 30.0 Å². The van der Waals surface area contributed by atoms with Gasteiger partial charge in [0.15, 0.2) is 11.5 Å². The minimum Gasteiger partial charge on any atom is -0.486 e. The molecule has 5 rings (SSSR count). The van der Waals surface area contributed by atoms with E-state index in [0.717, 1.165) is 24.6 Å². The highest BCUT2D eigenvalue weighted by Crippen LogP contribution is 2.30. The number of ether oxygens (including phenoxy) is 2. The number of hydrogen-bond acceptors (Lipinski definition) is 4. The number of amides is 1. The van der Waals surface area contributed by atoms with Crippen LogP contribution in [0.4, 0.5) is 0 Å². The summed E-state index contributed by atoms with van der Waals surface area (Å²) in [6.45, 7) is 19.2. The quantitative estimate of drug-likeness (QED) is 0.388. The minimum atomic E-state index is 0.225. The molecule has 37 heavy (non-hydrogen) atoms. The lowest BCUT2D eigenvalue weighted by atomic mass is 10.1. The molecule has 202 valence electrons. The van der Waals surface area contributed by atoms with Crippen molar-refractivity contribution in [3.8, 4) is 11.5 Å². The van der Waals surface area contributed by atoms with Gasteiger partial charge in [-0.15, -0.1) is 0 Å². The van der Waals surface area contributed by atoms with Crippen LogP contribution in [0, 0.1) is 13.8 Å². The fourth-order valence-electron chi connectivity index (χ4n) is 4.16. The molecule has 5 heteroatoms. The average molecular weight is 507 g/mol. The van der Waals surface area contributed by atoms with Crippen molar-refractivity contribution in [1.29, 1.82) is 0 Å². The molecule has 2 aliphatic rings. The number of fused-ring (bicyclic) bond motifs is 2. The molecule has 0 saturated carbocycles. The van der Waals surface area contributed by atoms with Gasteiger partial charge in [0.05, 0.1) is 0 Å². The molecule has 3 aromatic rings. The van der Waals surface area contributed by atoms with Crippen molar-refractivity contribution in [2.24, 2.45) is 0 Å². The lowest BCUT2D eigenvalue weighted by molar-refractivity contribution is -0.127. The zero-order valence-electron chi connectivity index (χ0n) is 23.8.